The summed E-state index contributed by atoms with van der Waals surface area (Å²) in [6, 6.07) is -0.106. The van der Waals surface area contributed by atoms with Gasteiger partial charge in [0, 0.05) is 19.3 Å². The number of aryl methyl sites for hydroxylation is 1. The summed E-state index contributed by atoms with van der Waals surface area (Å²) in [5.41, 5.74) is 7.23. The maximum absolute atomic E-state index is 6.46. The third kappa shape index (κ3) is 2.59. The summed E-state index contributed by atoms with van der Waals surface area (Å²) in [5.74, 6) is 0. The maximum atomic E-state index is 6.46. The van der Waals surface area contributed by atoms with Gasteiger partial charge < -0.3 is 15.0 Å². The van der Waals surface area contributed by atoms with E-state index in [0.29, 0.717) is 0 Å². The summed E-state index contributed by atoms with van der Waals surface area (Å²) >= 11 is 0. The van der Waals surface area contributed by atoms with Crippen molar-refractivity contribution in [3.05, 3.63) is 18.2 Å². The molecule has 0 bridgehead atoms. The standard InChI is InChI=1S/C14H25N3O/c1-3-17-10-12(16-11-17)13(15)14(18-4-2)8-6-5-7-9-14/h10-11,13H,3-9,15H2,1-2H3. The largest absolute Gasteiger partial charge is 0.373 e. The first kappa shape index (κ1) is 13.6. The zero-order chi connectivity index (χ0) is 13.0. The molecule has 1 fully saturated rings. The topological polar surface area (TPSA) is 53.1 Å². The van der Waals surface area contributed by atoms with E-state index < -0.39 is 0 Å². The number of rotatable bonds is 5. The molecule has 18 heavy (non-hydrogen) atoms. The highest BCUT2D eigenvalue weighted by atomic mass is 16.5. The molecule has 1 heterocycles. The number of hydrogen-bond donors (Lipinski definition) is 1. The normalized spacial score (nSPS) is 20.8. The lowest BCUT2D eigenvalue weighted by atomic mass is 9.78. The molecule has 102 valence electrons. The molecule has 0 aromatic carbocycles. The number of hydrogen-bond acceptors (Lipinski definition) is 3. The molecule has 1 saturated carbocycles. The lowest BCUT2D eigenvalue weighted by molar-refractivity contribution is -0.0838. The number of nitrogens with two attached hydrogens (primary N) is 1. The molecule has 2 N–H and O–H groups in total. The maximum Gasteiger partial charge on any atom is 0.0950 e. The van der Waals surface area contributed by atoms with Crippen molar-refractivity contribution >= 4 is 0 Å². The molecule has 1 aromatic heterocycles. The molecular formula is C14H25N3O. The van der Waals surface area contributed by atoms with Gasteiger partial charge in [-0.2, -0.15) is 0 Å². The van der Waals surface area contributed by atoms with Crippen molar-refractivity contribution in [3.8, 4) is 0 Å². The molecule has 0 aliphatic heterocycles. The predicted octanol–water partition coefficient (Wildman–Crippen LogP) is 2.64. The highest BCUT2D eigenvalue weighted by molar-refractivity contribution is 5.11. The van der Waals surface area contributed by atoms with Crippen LogP contribution in [-0.2, 0) is 11.3 Å². The Morgan fingerprint density at radius 1 is 1.39 bits per heavy atom. The van der Waals surface area contributed by atoms with Crippen LogP contribution in [0.4, 0.5) is 0 Å². The van der Waals surface area contributed by atoms with Gasteiger partial charge in [0.1, 0.15) is 0 Å². The van der Waals surface area contributed by atoms with Crippen LogP contribution >= 0.6 is 0 Å². The third-order valence-corrected chi connectivity index (χ3v) is 4.04. The van der Waals surface area contributed by atoms with E-state index in [-0.39, 0.29) is 11.6 Å². The van der Waals surface area contributed by atoms with E-state index in [1.54, 1.807) is 0 Å². The first-order valence-electron chi connectivity index (χ1n) is 7.13. The van der Waals surface area contributed by atoms with Crippen LogP contribution in [0.1, 0.15) is 57.7 Å². The molecule has 0 radical (unpaired) electrons. The first-order chi connectivity index (χ1) is 8.72. The molecule has 1 unspecified atom stereocenters. The summed E-state index contributed by atoms with van der Waals surface area (Å²) in [6.07, 6.45) is 9.75. The molecule has 0 amide bonds. The number of nitrogens with zero attached hydrogens (tertiary/aromatic N) is 2. The quantitative estimate of drug-likeness (QED) is 0.875. The summed E-state index contributed by atoms with van der Waals surface area (Å²) in [7, 11) is 0. The van der Waals surface area contributed by atoms with E-state index in [4.69, 9.17) is 10.5 Å². The molecule has 0 spiro atoms. The molecule has 1 atom stereocenters. The van der Waals surface area contributed by atoms with Crippen molar-refractivity contribution in [2.75, 3.05) is 6.61 Å². The van der Waals surface area contributed by atoms with Crippen LogP contribution in [0.25, 0.3) is 0 Å². The minimum Gasteiger partial charge on any atom is -0.373 e. The highest BCUT2D eigenvalue weighted by Crippen LogP contribution is 2.39. The monoisotopic (exact) mass is 251 g/mol. The summed E-state index contributed by atoms with van der Waals surface area (Å²) < 4.78 is 8.12. The third-order valence-electron chi connectivity index (χ3n) is 4.04. The van der Waals surface area contributed by atoms with Crippen LogP contribution in [0, 0.1) is 0 Å². The Morgan fingerprint density at radius 3 is 2.67 bits per heavy atom. The van der Waals surface area contributed by atoms with Gasteiger partial charge in [0.2, 0.25) is 0 Å². The molecule has 0 saturated heterocycles. The van der Waals surface area contributed by atoms with Crippen LogP contribution in [0.2, 0.25) is 0 Å². The van der Waals surface area contributed by atoms with E-state index >= 15 is 0 Å². The Morgan fingerprint density at radius 2 is 2.11 bits per heavy atom. The van der Waals surface area contributed by atoms with Crippen LogP contribution in [0.5, 0.6) is 0 Å². The fraction of sp³-hybridized carbons (Fsp3) is 0.786. The van der Waals surface area contributed by atoms with Crippen molar-refractivity contribution in [3.63, 3.8) is 0 Å². The predicted molar refractivity (Wildman–Crippen MR) is 72.3 cm³/mol. The van der Waals surface area contributed by atoms with Gasteiger partial charge in [-0.25, -0.2) is 4.98 Å². The zero-order valence-electron chi connectivity index (χ0n) is 11.6. The second-order valence-corrected chi connectivity index (χ2v) is 5.17. The molecule has 2 rings (SSSR count). The SMILES string of the molecule is CCOC1(C(N)c2cn(CC)cn2)CCCCC1. The fourth-order valence-corrected chi connectivity index (χ4v) is 2.96. The molecule has 1 aliphatic carbocycles. The van der Waals surface area contributed by atoms with Gasteiger partial charge in [0.15, 0.2) is 0 Å². The average Bonchev–Trinajstić information content (AvgIpc) is 2.88. The average molecular weight is 251 g/mol. The molecule has 1 aromatic rings. The van der Waals surface area contributed by atoms with Gasteiger partial charge in [-0.3, -0.25) is 0 Å². The Kier molecular flexibility index (Phi) is 4.40. The van der Waals surface area contributed by atoms with Crippen molar-refractivity contribution < 1.29 is 4.74 Å². The van der Waals surface area contributed by atoms with Crippen LogP contribution in [0.3, 0.4) is 0 Å². The number of aromatic nitrogens is 2. The van der Waals surface area contributed by atoms with Gasteiger partial charge >= 0.3 is 0 Å². The molecule has 4 nitrogen and oxygen atoms in total. The van der Waals surface area contributed by atoms with Gasteiger partial charge in [0.05, 0.1) is 23.7 Å². The van der Waals surface area contributed by atoms with E-state index in [9.17, 15) is 0 Å². The van der Waals surface area contributed by atoms with Crippen molar-refractivity contribution in [1.82, 2.24) is 9.55 Å². The van der Waals surface area contributed by atoms with Crippen LogP contribution in [0.15, 0.2) is 12.5 Å². The van der Waals surface area contributed by atoms with Gasteiger partial charge in [0.25, 0.3) is 0 Å². The first-order valence-corrected chi connectivity index (χ1v) is 7.13. The second kappa shape index (κ2) is 5.85. The highest BCUT2D eigenvalue weighted by Gasteiger charge is 2.40. The van der Waals surface area contributed by atoms with Crippen molar-refractivity contribution in [2.45, 2.75) is 64.1 Å². The van der Waals surface area contributed by atoms with E-state index in [2.05, 4.69) is 22.7 Å². The molecular weight excluding hydrogens is 226 g/mol. The zero-order valence-corrected chi connectivity index (χ0v) is 11.6. The van der Waals surface area contributed by atoms with Crippen LogP contribution < -0.4 is 5.73 Å². The lowest BCUT2D eigenvalue weighted by Gasteiger charge is -2.41. The Balaban J connectivity index is 2.18. The lowest BCUT2D eigenvalue weighted by Crippen LogP contribution is -2.45. The van der Waals surface area contributed by atoms with Crippen LogP contribution in [-0.4, -0.2) is 21.8 Å². The Hall–Kier alpha value is -0.870. The van der Waals surface area contributed by atoms with E-state index in [1.165, 1.54) is 19.3 Å². The van der Waals surface area contributed by atoms with E-state index in [1.807, 2.05) is 13.3 Å². The Labute approximate surface area is 110 Å². The van der Waals surface area contributed by atoms with Gasteiger partial charge in [-0.15, -0.1) is 0 Å². The van der Waals surface area contributed by atoms with Crippen molar-refractivity contribution in [2.24, 2.45) is 5.73 Å². The number of ether oxygens (including phenoxy) is 1. The summed E-state index contributed by atoms with van der Waals surface area (Å²) in [6.45, 7) is 5.81. The molecule has 4 heteroatoms. The fourth-order valence-electron chi connectivity index (χ4n) is 2.96. The smallest absolute Gasteiger partial charge is 0.0950 e. The molecule has 1 aliphatic rings. The van der Waals surface area contributed by atoms with Gasteiger partial charge in [-0.05, 0) is 26.7 Å². The minimum absolute atomic E-state index is 0.106. The van der Waals surface area contributed by atoms with E-state index in [0.717, 1.165) is 31.7 Å². The van der Waals surface area contributed by atoms with Gasteiger partial charge in [-0.1, -0.05) is 19.3 Å². The minimum atomic E-state index is -0.195. The summed E-state index contributed by atoms with van der Waals surface area (Å²) in [5, 5.41) is 0. The summed E-state index contributed by atoms with van der Waals surface area (Å²) in [4.78, 5) is 4.45. The second-order valence-electron chi connectivity index (χ2n) is 5.17. The Bertz CT molecular complexity index is 363. The number of imidazole rings is 1. The van der Waals surface area contributed by atoms with Crippen molar-refractivity contribution in [1.29, 1.82) is 0 Å².